The Kier molecular flexibility index (Phi) is 7.61. The number of hydrogen-bond donors (Lipinski definition) is 2. The third-order valence-corrected chi connectivity index (χ3v) is 11.6. The topological polar surface area (TPSA) is 137 Å². The minimum atomic E-state index is -0.944. The van der Waals surface area contributed by atoms with Gasteiger partial charge in [0, 0.05) is 62.4 Å². The highest BCUT2D eigenvalue weighted by Gasteiger charge is 2.50. The summed E-state index contributed by atoms with van der Waals surface area (Å²) in [5, 5.41) is 20.0. The van der Waals surface area contributed by atoms with Gasteiger partial charge in [0.1, 0.15) is 47.1 Å². The fourth-order valence-corrected chi connectivity index (χ4v) is 9.50. The fraction of sp³-hybridized carbons (Fsp3) is 0.528. The van der Waals surface area contributed by atoms with Crippen LogP contribution in [0.4, 0.5) is 24.9 Å². The zero-order valence-corrected chi connectivity index (χ0v) is 27.6. The molecule has 4 saturated heterocycles. The number of ether oxygens (including phenoxy) is 2. The lowest BCUT2D eigenvalue weighted by atomic mass is 9.90. The molecule has 11 nitrogen and oxygen atoms in total. The molecule has 0 aliphatic carbocycles. The van der Waals surface area contributed by atoms with Gasteiger partial charge in [-0.2, -0.15) is 15.2 Å². The van der Waals surface area contributed by atoms with Crippen LogP contribution in [0.5, 0.6) is 6.01 Å². The molecule has 4 aromatic rings. The van der Waals surface area contributed by atoms with Crippen LogP contribution in [0.2, 0.25) is 0 Å². The zero-order chi connectivity index (χ0) is 34.3. The number of piperazine rings is 1. The van der Waals surface area contributed by atoms with Crippen LogP contribution in [-0.2, 0) is 18.0 Å². The first-order valence-corrected chi connectivity index (χ1v) is 17.5. The van der Waals surface area contributed by atoms with Gasteiger partial charge in [-0.05, 0) is 61.9 Å². The van der Waals surface area contributed by atoms with Crippen molar-refractivity contribution >= 4 is 33.6 Å². The summed E-state index contributed by atoms with van der Waals surface area (Å²) in [6.45, 7) is 3.90. The van der Waals surface area contributed by atoms with Gasteiger partial charge < -0.3 is 29.6 Å². The standard InChI is InChI=1S/C36H38F3N7O4/c37-19-11-36(7-1-9-45(36)13-19)18-49-35-42-32-29(34(43-35)46-20-3-4-21(46)15-44(14-20)8-2-10-47)24-17-48-16-23(24)28(31(32)39)30-25(38)5-6-26-27(30)22(12-40)33(41)50-26/h5-6,19-21,47H,1-4,7-11,13-18,41H2/t19-,20?,21?,36+/m1/s1. The largest absolute Gasteiger partial charge is 0.461 e. The molecule has 5 aliphatic rings. The number of aromatic nitrogens is 2. The molecule has 2 aromatic heterocycles. The van der Waals surface area contributed by atoms with Crippen molar-refractivity contribution in [1.29, 1.82) is 5.26 Å². The van der Waals surface area contributed by atoms with Crippen molar-refractivity contribution in [2.24, 2.45) is 0 Å². The van der Waals surface area contributed by atoms with Gasteiger partial charge in [-0.15, -0.1) is 0 Å². The van der Waals surface area contributed by atoms with E-state index in [4.69, 9.17) is 29.6 Å². The number of nitrogen functional groups attached to an aromatic ring is 1. The molecule has 50 heavy (non-hydrogen) atoms. The molecule has 3 N–H and O–H groups in total. The third kappa shape index (κ3) is 4.77. The van der Waals surface area contributed by atoms with E-state index >= 15 is 8.78 Å². The van der Waals surface area contributed by atoms with Gasteiger partial charge in [0.05, 0.1) is 29.5 Å². The van der Waals surface area contributed by atoms with Gasteiger partial charge >= 0.3 is 6.01 Å². The van der Waals surface area contributed by atoms with Crippen LogP contribution in [0.25, 0.3) is 33.0 Å². The lowest BCUT2D eigenvalue weighted by Gasteiger charge is -2.42. The van der Waals surface area contributed by atoms with Crippen molar-refractivity contribution in [3.05, 3.63) is 40.5 Å². The molecule has 262 valence electrons. The van der Waals surface area contributed by atoms with Crippen molar-refractivity contribution in [3.8, 4) is 23.2 Å². The highest BCUT2D eigenvalue weighted by molar-refractivity contribution is 6.05. The summed E-state index contributed by atoms with van der Waals surface area (Å²) < 4.78 is 66.0. The molecular weight excluding hydrogens is 651 g/mol. The SMILES string of the molecule is N#Cc1c(N)oc2ccc(F)c(-c3c4c(c5c(N6C7CCC6CN(CCCO)C7)nc(OC[C@@]67CCCN6C[C@H](F)C7)nc5c3F)COC4)c12. The normalized spacial score (nSPS) is 26.3. The molecule has 5 aliphatic heterocycles. The summed E-state index contributed by atoms with van der Waals surface area (Å²) >= 11 is 0. The summed E-state index contributed by atoms with van der Waals surface area (Å²) in [6.07, 6.45) is 3.66. The van der Waals surface area contributed by atoms with Crippen LogP contribution in [0.15, 0.2) is 16.5 Å². The molecule has 0 saturated carbocycles. The Morgan fingerprint density at radius 3 is 2.66 bits per heavy atom. The highest BCUT2D eigenvalue weighted by atomic mass is 19.1. The molecular formula is C36H38F3N7O4. The molecule has 0 amide bonds. The third-order valence-electron chi connectivity index (χ3n) is 11.6. The van der Waals surface area contributed by atoms with Crippen LogP contribution >= 0.6 is 0 Å². The Balaban J connectivity index is 1.24. The van der Waals surface area contributed by atoms with E-state index in [0.29, 0.717) is 41.7 Å². The number of alkyl halides is 1. The van der Waals surface area contributed by atoms with E-state index in [-0.39, 0.29) is 83.6 Å². The van der Waals surface area contributed by atoms with Crippen molar-refractivity contribution in [1.82, 2.24) is 19.8 Å². The minimum absolute atomic E-state index is 0.0187. The van der Waals surface area contributed by atoms with Crippen LogP contribution in [-0.4, -0.2) is 94.6 Å². The minimum Gasteiger partial charge on any atom is -0.461 e. The zero-order valence-electron chi connectivity index (χ0n) is 27.6. The van der Waals surface area contributed by atoms with Crippen LogP contribution in [0.3, 0.4) is 0 Å². The van der Waals surface area contributed by atoms with E-state index in [9.17, 15) is 14.8 Å². The first kappa shape index (κ1) is 31.8. The number of furan rings is 1. The first-order valence-electron chi connectivity index (χ1n) is 17.5. The summed E-state index contributed by atoms with van der Waals surface area (Å²) in [6, 6.07) is 4.70. The van der Waals surface area contributed by atoms with E-state index < -0.39 is 23.3 Å². The average Bonchev–Trinajstić information content (AvgIpc) is 3.91. The Morgan fingerprint density at radius 1 is 1.08 bits per heavy atom. The number of halogens is 3. The summed E-state index contributed by atoms with van der Waals surface area (Å²) in [5.74, 6) is -1.16. The second-order valence-electron chi connectivity index (χ2n) is 14.4. The maximum Gasteiger partial charge on any atom is 0.319 e. The number of nitriles is 1. The number of nitrogens with two attached hydrogens (primary N) is 1. The number of nitrogens with zero attached hydrogens (tertiary/aromatic N) is 6. The fourth-order valence-electron chi connectivity index (χ4n) is 9.50. The summed E-state index contributed by atoms with van der Waals surface area (Å²) in [7, 11) is 0. The number of rotatable bonds is 8. The number of likely N-dealkylation sites (tertiary alicyclic amines) is 1. The number of aliphatic hydroxyl groups excluding tert-OH is 1. The highest BCUT2D eigenvalue weighted by Crippen LogP contribution is 2.49. The summed E-state index contributed by atoms with van der Waals surface area (Å²) in [4.78, 5) is 16.5. The second kappa shape index (κ2) is 12.0. The lowest BCUT2D eigenvalue weighted by Crippen LogP contribution is -2.54. The van der Waals surface area contributed by atoms with Crippen LogP contribution < -0.4 is 15.4 Å². The molecule has 9 rings (SSSR count). The first-order chi connectivity index (χ1) is 24.3. The van der Waals surface area contributed by atoms with E-state index in [2.05, 4.69) is 14.7 Å². The van der Waals surface area contributed by atoms with Gasteiger partial charge in [0.25, 0.3) is 0 Å². The molecule has 7 heterocycles. The quantitative estimate of drug-likeness (QED) is 0.264. The van der Waals surface area contributed by atoms with Gasteiger partial charge in [0.15, 0.2) is 5.82 Å². The molecule has 2 unspecified atom stereocenters. The molecule has 2 bridgehead atoms. The Labute approximate surface area is 286 Å². The number of benzene rings is 2. The molecule has 4 atom stereocenters. The molecule has 0 radical (unpaired) electrons. The van der Waals surface area contributed by atoms with Crippen LogP contribution in [0, 0.1) is 23.0 Å². The van der Waals surface area contributed by atoms with Crippen LogP contribution in [0.1, 0.15) is 55.2 Å². The Morgan fingerprint density at radius 2 is 1.88 bits per heavy atom. The van der Waals surface area contributed by atoms with E-state index in [0.717, 1.165) is 51.9 Å². The number of fused-ring (bicyclic) bond motifs is 7. The average molecular weight is 690 g/mol. The lowest BCUT2D eigenvalue weighted by molar-refractivity contribution is 0.107. The van der Waals surface area contributed by atoms with Gasteiger partial charge in [0.2, 0.25) is 5.88 Å². The second-order valence-corrected chi connectivity index (χ2v) is 14.4. The number of anilines is 2. The Bertz CT molecular complexity index is 2060. The molecule has 14 heteroatoms. The smallest absolute Gasteiger partial charge is 0.319 e. The predicted octanol–water partition coefficient (Wildman–Crippen LogP) is 4.80. The van der Waals surface area contributed by atoms with Gasteiger partial charge in [-0.25, -0.2) is 13.2 Å². The van der Waals surface area contributed by atoms with Crippen molar-refractivity contribution in [2.45, 2.75) is 75.5 Å². The predicted molar refractivity (Wildman–Crippen MR) is 178 cm³/mol. The maximum absolute atomic E-state index is 17.5. The van der Waals surface area contributed by atoms with Crippen molar-refractivity contribution in [3.63, 3.8) is 0 Å². The van der Waals surface area contributed by atoms with Gasteiger partial charge in [-0.1, -0.05) is 0 Å². The van der Waals surface area contributed by atoms with E-state index in [1.165, 1.54) is 12.1 Å². The number of hydrogen-bond acceptors (Lipinski definition) is 11. The monoisotopic (exact) mass is 689 g/mol. The molecule has 4 fully saturated rings. The number of aliphatic hydroxyl groups is 1. The molecule has 0 spiro atoms. The van der Waals surface area contributed by atoms with E-state index in [1.807, 2.05) is 6.07 Å². The Hall–Kier alpha value is -4.16. The van der Waals surface area contributed by atoms with Gasteiger partial charge in [-0.3, -0.25) is 9.80 Å². The molecule has 2 aromatic carbocycles. The van der Waals surface area contributed by atoms with Crippen molar-refractivity contribution < 1.29 is 32.2 Å². The maximum atomic E-state index is 17.5. The van der Waals surface area contributed by atoms with Crippen molar-refractivity contribution in [2.75, 3.05) is 56.6 Å². The summed E-state index contributed by atoms with van der Waals surface area (Å²) in [5.41, 5.74) is 6.50. The van der Waals surface area contributed by atoms with E-state index in [1.54, 1.807) is 0 Å².